The van der Waals surface area contributed by atoms with E-state index >= 15 is 0 Å². The van der Waals surface area contributed by atoms with Gasteiger partial charge in [-0.2, -0.15) is 13.9 Å². The smallest absolute Gasteiger partial charge is 0.333 e. The van der Waals surface area contributed by atoms with Crippen molar-refractivity contribution >= 4 is 17.4 Å². The van der Waals surface area contributed by atoms with Crippen LogP contribution < -0.4 is 15.8 Å². The molecule has 2 aromatic heterocycles. The average Bonchev–Trinajstić information content (AvgIpc) is 2.92. The van der Waals surface area contributed by atoms with Crippen LogP contribution in [0.25, 0.3) is 0 Å². The van der Waals surface area contributed by atoms with Gasteiger partial charge in [-0.1, -0.05) is 0 Å². The molecule has 21 heavy (non-hydrogen) atoms. The van der Waals surface area contributed by atoms with E-state index in [2.05, 4.69) is 15.4 Å². The number of rotatable bonds is 5. The van der Waals surface area contributed by atoms with Gasteiger partial charge in [-0.15, -0.1) is 0 Å². The summed E-state index contributed by atoms with van der Waals surface area (Å²) in [7, 11) is 0. The quantitative estimate of drug-likeness (QED) is 0.879. The maximum atomic E-state index is 12.4. The number of hydrogen-bond donors (Lipinski definition) is 2. The zero-order valence-electron chi connectivity index (χ0n) is 11.1. The molecule has 0 spiro atoms. The molecule has 0 radical (unpaired) electrons. The van der Waals surface area contributed by atoms with Gasteiger partial charge in [0.15, 0.2) is 5.69 Å². The summed E-state index contributed by atoms with van der Waals surface area (Å²) in [5.74, 6) is -0.0769. The highest BCUT2D eigenvalue weighted by molar-refractivity contribution is 6.03. The number of nitrogens with zero attached hydrogens (tertiary/aromatic N) is 3. The summed E-state index contributed by atoms with van der Waals surface area (Å²) in [6.07, 6.45) is 2.34. The van der Waals surface area contributed by atoms with Gasteiger partial charge in [-0.3, -0.25) is 4.79 Å². The Kier molecular flexibility index (Phi) is 4.31. The zero-order valence-corrected chi connectivity index (χ0v) is 11.1. The Hall–Kier alpha value is -2.71. The first-order valence-electron chi connectivity index (χ1n) is 6.04. The lowest BCUT2D eigenvalue weighted by atomic mass is 10.3. The van der Waals surface area contributed by atoms with Crippen LogP contribution in [0.2, 0.25) is 0 Å². The van der Waals surface area contributed by atoms with Crippen LogP contribution in [-0.4, -0.2) is 27.3 Å². The molecule has 112 valence electrons. The molecule has 0 aliphatic carbocycles. The van der Waals surface area contributed by atoms with E-state index in [-0.39, 0.29) is 17.2 Å². The van der Waals surface area contributed by atoms with Gasteiger partial charge in [0.1, 0.15) is 17.3 Å². The second kappa shape index (κ2) is 6.16. The van der Waals surface area contributed by atoms with Crippen LogP contribution in [0, 0.1) is 0 Å². The van der Waals surface area contributed by atoms with Gasteiger partial charge in [0, 0.05) is 12.3 Å². The number of nitrogens with two attached hydrogens (primary N) is 1. The number of carbonyl (C=O) groups is 1. The molecule has 2 aromatic rings. The standard InChI is InChI=1S/C12H13F2N5O2/c1-2-21-9-5-10(15)16-6-8(9)17-11(20)7-3-4-19(18-7)12(13)14/h3-6,12H,2H2,1H3,(H2,15,16)(H,17,20). The third kappa shape index (κ3) is 3.44. The van der Waals surface area contributed by atoms with Crippen LogP contribution in [0.1, 0.15) is 24.0 Å². The highest BCUT2D eigenvalue weighted by Gasteiger charge is 2.15. The van der Waals surface area contributed by atoms with Gasteiger partial charge in [0.05, 0.1) is 12.8 Å². The molecule has 9 heteroatoms. The highest BCUT2D eigenvalue weighted by Crippen LogP contribution is 2.25. The molecule has 0 aliphatic heterocycles. The monoisotopic (exact) mass is 297 g/mol. The summed E-state index contributed by atoms with van der Waals surface area (Å²) in [6.45, 7) is -0.664. The van der Waals surface area contributed by atoms with Crippen LogP contribution in [0.4, 0.5) is 20.3 Å². The molecule has 0 unspecified atom stereocenters. The molecule has 7 nitrogen and oxygen atoms in total. The van der Waals surface area contributed by atoms with Gasteiger partial charge in [-0.05, 0) is 13.0 Å². The minimum Gasteiger partial charge on any atom is -0.491 e. The molecule has 0 saturated heterocycles. The number of hydrogen-bond acceptors (Lipinski definition) is 5. The van der Waals surface area contributed by atoms with Crippen molar-refractivity contribution in [1.29, 1.82) is 0 Å². The number of nitrogens with one attached hydrogen (secondary N) is 1. The number of alkyl halides is 2. The van der Waals surface area contributed by atoms with Crippen molar-refractivity contribution in [3.05, 3.63) is 30.2 Å². The molecule has 0 bridgehead atoms. The maximum absolute atomic E-state index is 12.4. The lowest BCUT2D eigenvalue weighted by molar-refractivity contribution is 0.0561. The molecular weight excluding hydrogens is 284 g/mol. The Morgan fingerprint density at radius 1 is 1.57 bits per heavy atom. The van der Waals surface area contributed by atoms with Crippen molar-refractivity contribution in [2.24, 2.45) is 0 Å². The lowest BCUT2D eigenvalue weighted by Gasteiger charge is -2.10. The van der Waals surface area contributed by atoms with E-state index in [9.17, 15) is 13.6 Å². The molecular formula is C12H13F2N5O2. The summed E-state index contributed by atoms with van der Waals surface area (Å²) >= 11 is 0. The average molecular weight is 297 g/mol. The van der Waals surface area contributed by atoms with E-state index in [4.69, 9.17) is 10.5 Å². The zero-order chi connectivity index (χ0) is 15.4. The molecule has 0 aromatic carbocycles. The summed E-state index contributed by atoms with van der Waals surface area (Å²) in [4.78, 5) is 15.8. The number of aromatic nitrogens is 3. The molecule has 0 fully saturated rings. The van der Waals surface area contributed by atoms with Gasteiger partial charge in [0.25, 0.3) is 5.91 Å². The van der Waals surface area contributed by atoms with Crippen molar-refractivity contribution in [3.8, 4) is 5.75 Å². The van der Waals surface area contributed by atoms with Gasteiger partial charge >= 0.3 is 6.55 Å². The van der Waals surface area contributed by atoms with Crippen molar-refractivity contribution in [3.63, 3.8) is 0 Å². The van der Waals surface area contributed by atoms with Crippen LogP contribution in [0.3, 0.4) is 0 Å². The fraction of sp³-hybridized carbons (Fsp3) is 0.250. The van der Waals surface area contributed by atoms with Gasteiger partial charge in [0.2, 0.25) is 0 Å². The van der Waals surface area contributed by atoms with E-state index in [0.29, 0.717) is 17.0 Å². The third-order valence-electron chi connectivity index (χ3n) is 2.48. The van der Waals surface area contributed by atoms with Crippen molar-refractivity contribution in [2.75, 3.05) is 17.7 Å². The first-order valence-corrected chi connectivity index (χ1v) is 6.04. The number of pyridine rings is 1. The van der Waals surface area contributed by atoms with Crippen LogP contribution >= 0.6 is 0 Å². The Morgan fingerprint density at radius 3 is 2.95 bits per heavy atom. The largest absolute Gasteiger partial charge is 0.491 e. The van der Waals surface area contributed by atoms with E-state index in [0.717, 1.165) is 6.20 Å². The van der Waals surface area contributed by atoms with E-state index in [1.54, 1.807) is 6.92 Å². The van der Waals surface area contributed by atoms with Crippen LogP contribution in [-0.2, 0) is 0 Å². The molecule has 2 heterocycles. The third-order valence-corrected chi connectivity index (χ3v) is 2.48. The van der Waals surface area contributed by atoms with Crippen molar-refractivity contribution in [2.45, 2.75) is 13.5 Å². The van der Waals surface area contributed by atoms with E-state index < -0.39 is 12.5 Å². The Morgan fingerprint density at radius 2 is 2.33 bits per heavy atom. The number of halogens is 2. The van der Waals surface area contributed by atoms with Crippen LogP contribution in [0.15, 0.2) is 24.5 Å². The number of anilines is 2. The molecule has 1 amide bonds. The minimum absolute atomic E-state index is 0.144. The summed E-state index contributed by atoms with van der Waals surface area (Å²) in [5.41, 5.74) is 5.67. The van der Waals surface area contributed by atoms with E-state index in [1.165, 1.54) is 18.3 Å². The van der Waals surface area contributed by atoms with Gasteiger partial charge < -0.3 is 15.8 Å². The number of nitrogen functional groups attached to an aromatic ring is 1. The molecule has 3 N–H and O–H groups in total. The summed E-state index contributed by atoms with van der Waals surface area (Å²) < 4.78 is 30.5. The second-order valence-electron chi connectivity index (χ2n) is 3.95. The molecule has 2 rings (SSSR count). The number of ether oxygens (including phenoxy) is 1. The minimum atomic E-state index is -2.80. The molecule has 0 saturated carbocycles. The Labute approximate surface area is 118 Å². The molecule has 0 atom stereocenters. The van der Waals surface area contributed by atoms with Gasteiger partial charge in [-0.25, -0.2) is 9.67 Å². The number of amides is 1. The first-order chi connectivity index (χ1) is 10.0. The second-order valence-corrected chi connectivity index (χ2v) is 3.95. The fourth-order valence-corrected chi connectivity index (χ4v) is 1.58. The lowest BCUT2D eigenvalue weighted by Crippen LogP contribution is -2.15. The molecule has 0 aliphatic rings. The van der Waals surface area contributed by atoms with E-state index in [1.807, 2.05) is 0 Å². The summed E-state index contributed by atoms with van der Waals surface area (Å²) in [5, 5.41) is 5.96. The SMILES string of the molecule is CCOc1cc(N)ncc1NC(=O)c1ccn(C(F)F)n1. The van der Waals surface area contributed by atoms with Crippen LogP contribution in [0.5, 0.6) is 5.75 Å². The fourth-order valence-electron chi connectivity index (χ4n) is 1.58. The normalized spacial score (nSPS) is 10.7. The maximum Gasteiger partial charge on any atom is 0.333 e. The van der Waals surface area contributed by atoms with Crippen molar-refractivity contribution in [1.82, 2.24) is 14.8 Å². The summed E-state index contributed by atoms with van der Waals surface area (Å²) in [6, 6.07) is 2.64. The van der Waals surface area contributed by atoms with Crippen molar-refractivity contribution < 1.29 is 18.3 Å². The number of carbonyl (C=O) groups excluding carboxylic acids is 1. The Bertz CT molecular complexity index is 644. The predicted octanol–water partition coefficient (Wildman–Crippen LogP) is 1.91. The topological polar surface area (TPSA) is 95.1 Å². The highest BCUT2D eigenvalue weighted by atomic mass is 19.3. The predicted molar refractivity (Wildman–Crippen MR) is 71.3 cm³/mol. The first kappa shape index (κ1) is 14.7. The Balaban J connectivity index is 2.18.